The van der Waals surface area contributed by atoms with Crippen molar-refractivity contribution in [3.8, 4) is 0 Å². The third kappa shape index (κ3) is 6.00. The van der Waals surface area contributed by atoms with Crippen LogP contribution in [0.5, 0.6) is 0 Å². The lowest BCUT2D eigenvalue weighted by Gasteiger charge is -2.10. The fourth-order valence-electron chi connectivity index (χ4n) is 0.775. The summed E-state index contributed by atoms with van der Waals surface area (Å²) in [6.07, 6.45) is -3.75. The molecule has 0 spiro atoms. The summed E-state index contributed by atoms with van der Waals surface area (Å²) in [5, 5.41) is 50.4. The Hall–Kier alpha value is -0.280. The first-order valence-corrected chi connectivity index (χ1v) is 4.54. The van der Waals surface area contributed by atoms with Crippen molar-refractivity contribution in [2.24, 2.45) is 0 Å². The third-order valence-corrected chi connectivity index (χ3v) is 1.84. The summed E-state index contributed by atoms with van der Waals surface area (Å²) in [6, 6.07) is 0. The molecule has 4 atom stereocenters. The molecule has 0 aromatic carbocycles. The van der Waals surface area contributed by atoms with Crippen molar-refractivity contribution in [1.29, 1.82) is 0 Å². The van der Waals surface area contributed by atoms with E-state index in [1.807, 2.05) is 0 Å². The number of rotatable bonds is 3. The topological polar surface area (TPSA) is 131 Å². The standard InChI is InChI=1S/C4H10O4.C4H8O3/c5-1-3(7)4(8)2-6;5-3-1-7-2-4(3)6/h3-8H,1-2H2;3-6H,1-2H2/t2*3-,4+. The van der Waals surface area contributed by atoms with Gasteiger partial charge in [0.2, 0.25) is 0 Å². The summed E-state index contributed by atoms with van der Waals surface area (Å²) >= 11 is 0. The van der Waals surface area contributed by atoms with Crippen molar-refractivity contribution in [3.05, 3.63) is 0 Å². The normalized spacial score (nSPS) is 29.2. The van der Waals surface area contributed by atoms with E-state index in [4.69, 9.17) is 30.6 Å². The molecule has 0 aromatic heterocycles. The predicted molar refractivity (Wildman–Crippen MR) is 49.0 cm³/mol. The van der Waals surface area contributed by atoms with Gasteiger partial charge in [-0.25, -0.2) is 0 Å². The maximum Gasteiger partial charge on any atom is 0.105 e. The fraction of sp³-hybridized carbons (Fsp3) is 1.00. The molecule has 0 aromatic rings. The fourth-order valence-corrected chi connectivity index (χ4v) is 0.775. The molecule has 0 radical (unpaired) electrons. The molecule has 0 unspecified atom stereocenters. The first kappa shape index (κ1) is 14.7. The van der Waals surface area contributed by atoms with Crippen LogP contribution in [0.15, 0.2) is 0 Å². The summed E-state index contributed by atoms with van der Waals surface area (Å²) in [7, 11) is 0. The van der Waals surface area contributed by atoms with E-state index in [0.29, 0.717) is 0 Å². The van der Waals surface area contributed by atoms with Gasteiger partial charge in [-0.1, -0.05) is 0 Å². The van der Waals surface area contributed by atoms with Gasteiger partial charge in [0.15, 0.2) is 0 Å². The Kier molecular flexibility index (Phi) is 7.79. The van der Waals surface area contributed by atoms with E-state index < -0.39 is 37.6 Å². The van der Waals surface area contributed by atoms with E-state index in [0.717, 1.165) is 0 Å². The molecule has 7 heteroatoms. The Labute approximate surface area is 87.2 Å². The Balaban J connectivity index is 0.000000262. The minimum Gasteiger partial charge on any atom is -0.394 e. The quantitative estimate of drug-likeness (QED) is 0.293. The second kappa shape index (κ2) is 7.94. The molecule has 0 saturated carbocycles. The molecule has 0 bridgehead atoms. The van der Waals surface area contributed by atoms with Crippen LogP contribution < -0.4 is 0 Å². The highest BCUT2D eigenvalue weighted by Crippen LogP contribution is 2.02. The van der Waals surface area contributed by atoms with Crippen LogP contribution in [0.25, 0.3) is 0 Å². The van der Waals surface area contributed by atoms with Gasteiger partial charge in [-0.15, -0.1) is 0 Å². The summed E-state index contributed by atoms with van der Waals surface area (Å²) in [5.41, 5.74) is 0. The minimum absolute atomic E-state index is 0.279. The van der Waals surface area contributed by atoms with Crippen molar-refractivity contribution < 1.29 is 35.4 Å². The summed E-state index contributed by atoms with van der Waals surface area (Å²) in [4.78, 5) is 0. The molecule has 15 heavy (non-hydrogen) atoms. The van der Waals surface area contributed by atoms with Crippen LogP contribution in [0.2, 0.25) is 0 Å². The van der Waals surface area contributed by atoms with Gasteiger partial charge < -0.3 is 35.4 Å². The second-order valence-corrected chi connectivity index (χ2v) is 3.17. The van der Waals surface area contributed by atoms with E-state index >= 15 is 0 Å². The maximum absolute atomic E-state index is 8.62. The molecule has 0 amide bonds. The Morgan fingerprint density at radius 2 is 1.27 bits per heavy atom. The Bertz CT molecular complexity index is 138. The molecule has 1 fully saturated rings. The van der Waals surface area contributed by atoms with Crippen LogP contribution in [-0.4, -0.2) is 81.5 Å². The van der Waals surface area contributed by atoms with E-state index in [9.17, 15) is 0 Å². The lowest BCUT2D eigenvalue weighted by Crippen LogP contribution is -2.31. The van der Waals surface area contributed by atoms with Gasteiger partial charge in [-0.05, 0) is 0 Å². The van der Waals surface area contributed by atoms with Crippen molar-refractivity contribution >= 4 is 0 Å². The molecular formula is C8H18O7. The van der Waals surface area contributed by atoms with Crippen molar-refractivity contribution in [2.75, 3.05) is 26.4 Å². The second-order valence-electron chi connectivity index (χ2n) is 3.17. The van der Waals surface area contributed by atoms with Crippen LogP contribution in [0.4, 0.5) is 0 Å². The smallest absolute Gasteiger partial charge is 0.105 e. The highest BCUT2D eigenvalue weighted by Gasteiger charge is 2.22. The molecule has 7 nitrogen and oxygen atoms in total. The molecule has 1 saturated heterocycles. The van der Waals surface area contributed by atoms with Gasteiger partial charge >= 0.3 is 0 Å². The van der Waals surface area contributed by atoms with Gasteiger partial charge in [0.05, 0.1) is 26.4 Å². The van der Waals surface area contributed by atoms with E-state index in [1.165, 1.54) is 0 Å². The summed E-state index contributed by atoms with van der Waals surface area (Å²) in [6.45, 7) is -0.494. The lowest BCUT2D eigenvalue weighted by atomic mass is 10.2. The maximum atomic E-state index is 8.62. The van der Waals surface area contributed by atoms with Crippen molar-refractivity contribution in [2.45, 2.75) is 24.4 Å². The summed E-state index contributed by atoms with van der Waals surface area (Å²) in [5.74, 6) is 0. The van der Waals surface area contributed by atoms with Gasteiger partial charge in [0.1, 0.15) is 24.4 Å². The monoisotopic (exact) mass is 226 g/mol. The molecule has 92 valence electrons. The molecule has 1 aliphatic rings. The zero-order chi connectivity index (χ0) is 11.8. The highest BCUT2D eigenvalue weighted by atomic mass is 16.5. The van der Waals surface area contributed by atoms with Crippen LogP contribution in [-0.2, 0) is 4.74 Å². The Morgan fingerprint density at radius 1 is 0.933 bits per heavy atom. The van der Waals surface area contributed by atoms with E-state index in [2.05, 4.69) is 4.74 Å². The largest absolute Gasteiger partial charge is 0.394 e. The zero-order valence-electron chi connectivity index (χ0n) is 8.23. The molecule has 1 heterocycles. The summed E-state index contributed by atoms with van der Waals surface area (Å²) < 4.78 is 4.67. The van der Waals surface area contributed by atoms with Crippen LogP contribution >= 0.6 is 0 Å². The van der Waals surface area contributed by atoms with Crippen LogP contribution in [0.1, 0.15) is 0 Å². The van der Waals surface area contributed by atoms with Crippen LogP contribution in [0, 0.1) is 0 Å². The number of aliphatic hydroxyl groups is 6. The van der Waals surface area contributed by atoms with Gasteiger partial charge in [-0.2, -0.15) is 0 Å². The average Bonchev–Trinajstić information content (AvgIpc) is 2.62. The first-order chi connectivity index (χ1) is 7.02. The Morgan fingerprint density at radius 3 is 1.40 bits per heavy atom. The molecule has 1 rings (SSSR count). The van der Waals surface area contributed by atoms with E-state index in [1.54, 1.807) is 0 Å². The molecular weight excluding hydrogens is 208 g/mol. The third-order valence-electron chi connectivity index (χ3n) is 1.84. The SMILES string of the molecule is OC[C@@H](O)[C@@H](O)CO.O[C@@H]1COC[C@@H]1O. The number of aliphatic hydroxyl groups excluding tert-OH is 6. The lowest BCUT2D eigenvalue weighted by molar-refractivity contribution is -0.0388. The van der Waals surface area contributed by atoms with Gasteiger partial charge in [0, 0.05) is 0 Å². The minimum atomic E-state index is -1.22. The van der Waals surface area contributed by atoms with Crippen molar-refractivity contribution in [3.63, 3.8) is 0 Å². The average molecular weight is 226 g/mol. The van der Waals surface area contributed by atoms with Gasteiger partial charge in [0.25, 0.3) is 0 Å². The van der Waals surface area contributed by atoms with E-state index in [-0.39, 0.29) is 13.2 Å². The predicted octanol–water partition coefficient (Wildman–Crippen LogP) is -3.57. The van der Waals surface area contributed by atoms with Crippen molar-refractivity contribution in [1.82, 2.24) is 0 Å². The highest BCUT2D eigenvalue weighted by molar-refractivity contribution is 4.71. The van der Waals surface area contributed by atoms with Gasteiger partial charge in [-0.3, -0.25) is 0 Å². The first-order valence-electron chi connectivity index (χ1n) is 4.54. The number of hydrogen-bond donors (Lipinski definition) is 6. The van der Waals surface area contributed by atoms with Crippen LogP contribution in [0.3, 0.4) is 0 Å². The number of ether oxygens (including phenoxy) is 1. The zero-order valence-corrected chi connectivity index (χ0v) is 8.23. The molecule has 6 N–H and O–H groups in total. The molecule has 1 aliphatic heterocycles. The number of hydrogen-bond acceptors (Lipinski definition) is 7. The molecule has 0 aliphatic carbocycles.